The van der Waals surface area contributed by atoms with Crippen molar-refractivity contribution in [1.29, 1.82) is 0 Å². The molecule has 3 aromatic carbocycles. The van der Waals surface area contributed by atoms with Gasteiger partial charge < -0.3 is 19.9 Å². The first-order valence-corrected chi connectivity index (χ1v) is 9.65. The van der Waals surface area contributed by atoms with Crippen LogP contribution in [0.1, 0.15) is 17.5 Å². The maximum atomic E-state index is 10.5. The zero-order valence-electron chi connectivity index (χ0n) is 16.2. The van der Waals surface area contributed by atoms with Crippen LogP contribution in [0, 0.1) is 0 Å². The summed E-state index contributed by atoms with van der Waals surface area (Å²) in [6.07, 6.45) is 0.952. The highest BCUT2D eigenvalue weighted by Crippen LogP contribution is 2.23. The number of para-hydroxylation sites is 1. The highest BCUT2D eigenvalue weighted by atomic mass is 16.5. The van der Waals surface area contributed by atoms with Crippen LogP contribution in [0.15, 0.2) is 78.9 Å². The van der Waals surface area contributed by atoms with Gasteiger partial charge in [-0.25, -0.2) is 0 Å². The number of carboxylic acids is 1. The lowest BCUT2D eigenvalue weighted by molar-refractivity contribution is -0.136. The third kappa shape index (κ3) is 7.31. The van der Waals surface area contributed by atoms with Crippen LogP contribution < -0.4 is 14.8 Å². The van der Waals surface area contributed by atoms with E-state index in [-0.39, 0.29) is 6.42 Å². The van der Waals surface area contributed by atoms with Gasteiger partial charge in [-0.2, -0.15) is 0 Å². The first-order valence-electron chi connectivity index (χ1n) is 9.65. The lowest BCUT2D eigenvalue weighted by Gasteiger charge is -2.10. The monoisotopic (exact) mass is 391 g/mol. The Labute approximate surface area is 170 Å². The molecule has 0 fully saturated rings. The number of rotatable bonds is 11. The van der Waals surface area contributed by atoms with Gasteiger partial charge in [0.05, 0.1) is 6.42 Å². The second-order valence-corrected chi connectivity index (χ2v) is 6.64. The Morgan fingerprint density at radius 1 is 0.793 bits per heavy atom. The minimum Gasteiger partial charge on any atom is -0.489 e. The van der Waals surface area contributed by atoms with Gasteiger partial charge in [-0.1, -0.05) is 42.5 Å². The smallest absolute Gasteiger partial charge is 0.304 e. The average molecular weight is 391 g/mol. The first-order chi connectivity index (χ1) is 14.2. The zero-order chi connectivity index (χ0) is 20.3. The fourth-order valence-corrected chi connectivity index (χ4v) is 2.83. The Hall–Kier alpha value is -3.31. The quantitative estimate of drug-likeness (QED) is 0.465. The molecule has 3 aromatic rings. The Morgan fingerprint density at radius 2 is 1.48 bits per heavy atom. The predicted octanol–water partition coefficient (Wildman–Crippen LogP) is 4.66. The van der Waals surface area contributed by atoms with E-state index >= 15 is 0 Å². The van der Waals surface area contributed by atoms with E-state index < -0.39 is 5.97 Å². The van der Waals surface area contributed by atoms with Crippen molar-refractivity contribution in [3.63, 3.8) is 0 Å². The summed E-state index contributed by atoms with van der Waals surface area (Å²) >= 11 is 0. The van der Waals surface area contributed by atoms with Crippen molar-refractivity contribution in [2.24, 2.45) is 0 Å². The molecule has 5 nitrogen and oxygen atoms in total. The average Bonchev–Trinajstić information content (AvgIpc) is 2.73. The highest BCUT2D eigenvalue weighted by molar-refractivity contribution is 5.66. The van der Waals surface area contributed by atoms with Gasteiger partial charge in [0, 0.05) is 6.54 Å². The van der Waals surface area contributed by atoms with Crippen LogP contribution in [-0.4, -0.2) is 24.2 Å². The summed E-state index contributed by atoms with van der Waals surface area (Å²) in [6, 6.07) is 25.5. The largest absolute Gasteiger partial charge is 0.489 e. The Kier molecular flexibility index (Phi) is 7.66. The van der Waals surface area contributed by atoms with Crippen LogP contribution in [0.25, 0.3) is 0 Å². The molecule has 0 radical (unpaired) electrons. The van der Waals surface area contributed by atoms with Crippen LogP contribution in [0.3, 0.4) is 0 Å². The molecule has 2 N–H and O–H groups in total. The van der Waals surface area contributed by atoms with Gasteiger partial charge >= 0.3 is 5.97 Å². The fourth-order valence-electron chi connectivity index (χ4n) is 2.83. The molecule has 29 heavy (non-hydrogen) atoms. The van der Waals surface area contributed by atoms with Crippen molar-refractivity contribution < 1.29 is 19.4 Å². The van der Waals surface area contributed by atoms with Crippen molar-refractivity contribution in [3.8, 4) is 17.2 Å². The van der Waals surface area contributed by atoms with Gasteiger partial charge in [-0.3, -0.25) is 4.79 Å². The molecule has 0 bridgehead atoms. The van der Waals surface area contributed by atoms with Gasteiger partial charge in [0.15, 0.2) is 0 Å². The van der Waals surface area contributed by atoms with E-state index in [9.17, 15) is 4.79 Å². The van der Waals surface area contributed by atoms with Crippen molar-refractivity contribution in [2.45, 2.75) is 19.4 Å². The number of benzene rings is 3. The van der Waals surface area contributed by atoms with E-state index in [0.717, 1.165) is 41.3 Å². The van der Waals surface area contributed by atoms with E-state index in [1.54, 1.807) is 0 Å². The van der Waals surface area contributed by atoms with Crippen molar-refractivity contribution >= 4 is 5.97 Å². The molecule has 0 aliphatic rings. The van der Waals surface area contributed by atoms with Crippen molar-refractivity contribution in [2.75, 3.05) is 13.1 Å². The summed E-state index contributed by atoms with van der Waals surface area (Å²) in [6.45, 7) is 1.66. The molecule has 0 aliphatic carbocycles. The highest BCUT2D eigenvalue weighted by Gasteiger charge is 2.02. The molecule has 0 aromatic heterocycles. The van der Waals surface area contributed by atoms with Crippen molar-refractivity contribution in [3.05, 3.63) is 90.0 Å². The van der Waals surface area contributed by atoms with Crippen LogP contribution in [-0.2, 0) is 17.8 Å². The van der Waals surface area contributed by atoms with Crippen LogP contribution >= 0.6 is 0 Å². The number of aliphatic carboxylic acids is 1. The molecule has 3 rings (SSSR count). The second kappa shape index (κ2) is 10.9. The molecule has 0 atom stereocenters. The normalized spacial score (nSPS) is 10.5. The molecule has 0 saturated heterocycles. The maximum absolute atomic E-state index is 10.5. The standard InChI is InChI=1S/C24H25NO4/c26-24(27)13-15-25-14-12-19-6-4-10-22(16-19)28-18-20-7-5-11-23(17-20)29-21-8-2-1-3-9-21/h1-11,16-17,25H,12-15,18H2,(H,26,27). The van der Waals surface area contributed by atoms with Gasteiger partial charge in [-0.15, -0.1) is 0 Å². The lowest BCUT2D eigenvalue weighted by Crippen LogP contribution is -2.20. The zero-order valence-corrected chi connectivity index (χ0v) is 16.2. The minimum atomic E-state index is -0.786. The third-order valence-electron chi connectivity index (χ3n) is 4.29. The molecule has 0 aliphatic heterocycles. The van der Waals surface area contributed by atoms with Gasteiger partial charge in [0.25, 0.3) is 0 Å². The van der Waals surface area contributed by atoms with E-state index in [1.807, 2.05) is 78.9 Å². The molecule has 0 spiro atoms. The number of hydrogen-bond acceptors (Lipinski definition) is 4. The molecular weight excluding hydrogens is 366 g/mol. The Balaban J connectivity index is 1.49. The molecule has 5 heteroatoms. The summed E-state index contributed by atoms with van der Waals surface area (Å²) in [4.78, 5) is 10.5. The number of hydrogen-bond donors (Lipinski definition) is 2. The summed E-state index contributed by atoms with van der Waals surface area (Å²) < 4.78 is 11.8. The number of carboxylic acid groups (broad SMARTS) is 1. The van der Waals surface area contributed by atoms with Crippen molar-refractivity contribution in [1.82, 2.24) is 5.32 Å². The lowest BCUT2D eigenvalue weighted by atomic mass is 10.1. The Bertz CT molecular complexity index is 912. The summed E-state index contributed by atoms with van der Waals surface area (Å²) in [5.41, 5.74) is 2.17. The number of nitrogens with one attached hydrogen (secondary N) is 1. The maximum Gasteiger partial charge on any atom is 0.304 e. The van der Waals surface area contributed by atoms with E-state index in [1.165, 1.54) is 0 Å². The number of carbonyl (C=O) groups is 1. The third-order valence-corrected chi connectivity index (χ3v) is 4.29. The van der Waals surface area contributed by atoms with Gasteiger partial charge in [-0.05, 0) is 60.5 Å². The minimum absolute atomic E-state index is 0.135. The SMILES string of the molecule is O=C(O)CCNCCc1cccc(OCc2cccc(Oc3ccccc3)c2)c1. The van der Waals surface area contributed by atoms with Crippen LogP contribution in [0.5, 0.6) is 17.2 Å². The van der Waals surface area contributed by atoms with E-state index in [0.29, 0.717) is 13.2 Å². The topological polar surface area (TPSA) is 67.8 Å². The fraction of sp³-hybridized carbons (Fsp3) is 0.208. The molecule has 0 unspecified atom stereocenters. The molecule has 0 heterocycles. The molecular formula is C24H25NO4. The molecule has 0 saturated carbocycles. The number of ether oxygens (including phenoxy) is 2. The van der Waals surface area contributed by atoms with Crippen LogP contribution in [0.2, 0.25) is 0 Å². The Morgan fingerprint density at radius 3 is 2.28 bits per heavy atom. The van der Waals surface area contributed by atoms with Crippen LogP contribution in [0.4, 0.5) is 0 Å². The van der Waals surface area contributed by atoms with E-state index in [2.05, 4.69) is 5.32 Å². The molecule has 0 amide bonds. The van der Waals surface area contributed by atoms with Gasteiger partial charge in [0.2, 0.25) is 0 Å². The summed E-state index contributed by atoms with van der Waals surface area (Å²) in [7, 11) is 0. The summed E-state index contributed by atoms with van der Waals surface area (Å²) in [5, 5.41) is 11.8. The second-order valence-electron chi connectivity index (χ2n) is 6.64. The summed E-state index contributed by atoms with van der Waals surface area (Å²) in [5.74, 6) is 1.60. The predicted molar refractivity (Wildman–Crippen MR) is 113 cm³/mol. The molecule has 150 valence electrons. The first kappa shape index (κ1) is 20.4. The van der Waals surface area contributed by atoms with E-state index in [4.69, 9.17) is 14.6 Å². The van der Waals surface area contributed by atoms with Gasteiger partial charge in [0.1, 0.15) is 23.9 Å².